The molecular weight excluding hydrogens is 720 g/mol. The molecule has 7 rings (SSSR count). The van der Waals surface area contributed by atoms with Gasteiger partial charge in [0.05, 0.1) is 0 Å². The lowest BCUT2D eigenvalue weighted by molar-refractivity contribution is -0.474. The minimum atomic E-state index is -0.0883. The fraction of sp³-hybridized carbons (Fsp3) is 0. The fourth-order valence-corrected chi connectivity index (χ4v) is 2.20. The minimum absolute atomic E-state index is 0.0639. The smallest absolute Gasteiger partial charge is 0.365 e. The first-order valence-electron chi connectivity index (χ1n) is 12.7. The van der Waals surface area contributed by atoms with Crippen molar-refractivity contribution in [1.29, 1.82) is 0 Å². The Bertz CT molecular complexity index is 1880. The molecule has 0 unspecified atom stereocenters. The molecule has 0 aliphatic rings. The summed E-state index contributed by atoms with van der Waals surface area (Å²) in [6, 6.07) is 0. The van der Waals surface area contributed by atoms with Crippen LogP contribution in [-0.4, -0.2) is 150 Å². The highest BCUT2D eigenvalue weighted by atomic mass is 15.6. The molecule has 7 aromatic heterocycles. The third-order valence-electron chi connectivity index (χ3n) is 4.14. The Morgan fingerprint density at radius 2 is 0.792 bits per heavy atom. The number of nitrogens with two attached hydrogens (primary N) is 5. The highest BCUT2D eigenvalue weighted by Crippen LogP contribution is 2.07. The molecule has 0 spiro atoms. The molecule has 7 aromatic rings. The van der Waals surface area contributed by atoms with E-state index in [1.807, 2.05) is 0 Å². The molecule has 272 valence electrons. The maximum absolute atomic E-state index is 5.17. The maximum Gasteiger partial charge on any atom is 0.398 e. The molecule has 0 radical (unpaired) electrons. The molecule has 19 N–H and O–H groups in total. The summed E-state index contributed by atoms with van der Waals surface area (Å²) in [7, 11) is 0. The van der Waals surface area contributed by atoms with Crippen molar-refractivity contribution in [3.63, 3.8) is 0 Å². The highest BCUT2D eigenvalue weighted by Gasteiger charge is 2.06. The fourth-order valence-electron chi connectivity index (χ4n) is 2.20. The first-order valence-corrected chi connectivity index (χ1v) is 12.7. The Morgan fingerprint density at radius 1 is 0.434 bits per heavy atom. The molecule has 0 amide bonds. The Kier molecular flexibility index (Phi) is 13.7. The quantitative estimate of drug-likeness (QED) is 0.0226. The number of nitrogens with zero attached hydrogens (tertiary/aromatic N) is 28. The zero-order valence-electron chi connectivity index (χ0n) is 25.4. The summed E-state index contributed by atoms with van der Waals surface area (Å²) in [5, 5.41) is 115. The van der Waals surface area contributed by atoms with Gasteiger partial charge >= 0.3 is 29.8 Å². The van der Waals surface area contributed by atoms with Gasteiger partial charge in [0.15, 0.2) is 0 Å². The van der Waals surface area contributed by atoms with Crippen LogP contribution in [0.3, 0.4) is 0 Å². The van der Waals surface area contributed by atoms with E-state index in [0.29, 0.717) is 0 Å². The van der Waals surface area contributed by atoms with Crippen LogP contribution in [-0.2, 0) is 0 Å². The molecular formula is C11H19N42+. The molecule has 53 heavy (non-hydrogen) atoms. The van der Waals surface area contributed by atoms with Crippen LogP contribution in [0.1, 0.15) is 0 Å². The van der Waals surface area contributed by atoms with Crippen molar-refractivity contribution < 1.29 is 5.10 Å². The molecule has 0 atom stereocenters. The number of hydrogen-bond acceptors (Lipinski definition) is 35. The number of hydrogen-bond donors (Lipinski definition) is 14. The number of hydrazine groups is 3. The van der Waals surface area contributed by atoms with Gasteiger partial charge in [0.1, 0.15) is 0 Å². The molecule has 7 heterocycles. The zero-order chi connectivity index (χ0) is 37.5. The van der Waals surface area contributed by atoms with Gasteiger partial charge in [-0.05, 0) is 20.9 Å². The second-order valence-corrected chi connectivity index (χ2v) is 7.52. The van der Waals surface area contributed by atoms with Gasteiger partial charge < -0.3 is 11.5 Å². The number of H-pyrrole nitrogens is 4. The molecule has 0 aliphatic carbocycles. The van der Waals surface area contributed by atoms with Crippen molar-refractivity contribution in [2.24, 2.45) is 38.0 Å². The van der Waals surface area contributed by atoms with Crippen LogP contribution in [0.4, 0.5) is 59.5 Å². The van der Waals surface area contributed by atoms with E-state index in [1.54, 1.807) is 0 Å². The van der Waals surface area contributed by atoms with Crippen LogP contribution in [0.5, 0.6) is 0 Å². The number of azo groups is 2. The number of tetrazole rings is 4. The Hall–Kier alpha value is -9.51. The lowest BCUT2D eigenvalue weighted by Gasteiger charge is -1.98. The standard InChI is InChI=1S/C4H4N14.C4H4N12.C2H2N10.CH8N6/c5(3-11-15-16-12-3)1-7-9-2(10-8-1)6-4-13-17-18-14-4;5-1-7-11-3(12-8-1)15-16-4-13-9-2(6)10-14-4;3(1-5-9-10-6-1)4-2-7-11-12-8-2;2-5-1(6-3)7-4/h(H2,5,7,8,11,12,15,16)(H2,6,9,10,13,14,17,18);(H2,5,7,8)(H2,6,9,10);(H,5,6,9,10)(H,7,8,11,12);2-4H2,(H2,5,6,7)/p+1. The summed E-state index contributed by atoms with van der Waals surface area (Å²) in [5.74, 6) is 15.3. The van der Waals surface area contributed by atoms with Crippen LogP contribution < -0.4 is 55.6 Å². The number of rotatable bonds is 8. The maximum atomic E-state index is 5.17. The first kappa shape index (κ1) is 36.3. The Morgan fingerprint density at radius 3 is 1.08 bits per heavy atom. The average Bonchev–Trinajstić information content (AvgIpc) is 4.04. The summed E-state index contributed by atoms with van der Waals surface area (Å²) in [4.78, 5) is 0. The third-order valence-corrected chi connectivity index (χ3v) is 4.14. The molecule has 42 heteroatoms. The van der Waals surface area contributed by atoms with Crippen LogP contribution in [0.15, 0.2) is 20.5 Å². The third kappa shape index (κ3) is 13.3. The van der Waals surface area contributed by atoms with Gasteiger partial charge in [0, 0.05) is 0 Å². The monoisotopic (exact) mass is 739 g/mol. The van der Waals surface area contributed by atoms with Gasteiger partial charge in [-0.25, -0.2) is 10.9 Å². The van der Waals surface area contributed by atoms with Gasteiger partial charge in [-0.1, -0.05) is 20.4 Å². The summed E-state index contributed by atoms with van der Waals surface area (Å²) in [5.41, 5.74) is 14.6. The SMILES string of the molecule is N(=Nc1nn[nH]n1)c1nn[nH]n1.NNC(NN)=[NH+]N.Nc1nnc(N=Nc2nnc(N)nn2)nn1.n1nc(Nc2nnc(Nc3nn[nH]n3)nn2)n[nH]1. The van der Waals surface area contributed by atoms with Crippen molar-refractivity contribution in [3.05, 3.63) is 0 Å². The summed E-state index contributed by atoms with van der Waals surface area (Å²) >= 11 is 0. The van der Waals surface area contributed by atoms with Crippen LogP contribution >= 0.6 is 0 Å². The second-order valence-electron chi connectivity index (χ2n) is 7.52. The van der Waals surface area contributed by atoms with Crippen molar-refractivity contribution in [2.45, 2.75) is 0 Å². The van der Waals surface area contributed by atoms with Crippen LogP contribution in [0, 0.1) is 0 Å². The van der Waals surface area contributed by atoms with Crippen molar-refractivity contribution in [2.75, 3.05) is 22.1 Å². The topological polar surface area (TPSA) is 614 Å². The molecule has 0 bridgehead atoms. The molecule has 0 fully saturated rings. The predicted octanol–water partition coefficient (Wildman–Crippen LogP) is -9.44. The van der Waals surface area contributed by atoms with Gasteiger partial charge in [-0.2, -0.15) is 37.6 Å². The zero-order valence-corrected chi connectivity index (χ0v) is 25.4. The number of nitrogen functional groups attached to an aromatic ring is 2. The van der Waals surface area contributed by atoms with E-state index in [4.69, 9.17) is 29.0 Å². The number of aromatic nitrogens is 28. The lowest BCUT2D eigenvalue weighted by Crippen LogP contribution is -2.86. The van der Waals surface area contributed by atoms with E-state index in [9.17, 15) is 0 Å². The van der Waals surface area contributed by atoms with Gasteiger partial charge in [0.25, 0.3) is 35.7 Å². The summed E-state index contributed by atoms with van der Waals surface area (Å²) in [6.45, 7) is 0. The van der Waals surface area contributed by atoms with E-state index in [1.165, 1.54) is 0 Å². The molecule has 0 aliphatic heterocycles. The molecule has 42 nitrogen and oxygen atoms in total. The predicted molar refractivity (Wildman–Crippen MR) is 158 cm³/mol. The molecule has 0 saturated heterocycles. The summed E-state index contributed by atoms with van der Waals surface area (Å²) in [6.07, 6.45) is 0. The number of hydrazone groups is 1. The van der Waals surface area contributed by atoms with Gasteiger partial charge in [0.2, 0.25) is 0 Å². The Balaban J connectivity index is 0.000000166. The molecule has 0 aromatic carbocycles. The normalized spacial score (nSPS) is 10.2. The van der Waals surface area contributed by atoms with E-state index >= 15 is 0 Å². The van der Waals surface area contributed by atoms with Crippen LogP contribution in [0.25, 0.3) is 0 Å². The van der Waals surface area contributed by atoms with Gasteiger partial charge in [-0.15, -0.1) is 102 Å². The largest absolute Gasteiger partial charge is 0.398 e. The number of guanidine groups is 1. The number of nitrogens with one attached hydrogen (secondary N) is 9. The van der Waals surface area contributed by atoms with Crippen molar-refractivity contribution in [1.82, 2.24) is 155 Å². The summed E-state index contributed by atoms with van der Waals surface area (Å²) < 4.78 is 0. The lowest BCUT2D eigenvalue weighted by atomic mass is 10.9. The van der Waals surface area contributed by atoms with Crippen molar-refractivity contribution in [3.8, 4) is 0 Å². The highest BCUT2D eigenvalue weighted by molar-refractivity contribution is 5.72. The average molecular weight is 740 g/mol. The first-order chi connectivity index (χ1) is 25.9. The Labute approximate surface area is 285 Å². The minimum Gasteiger partial charge on any atom is -0.365 e. The second kappa shape index (κ2) is 20.0. The van der Waals surface area contributed by atoms with E-state index in [-0.39, 0.29) is 65.4 Å². The van der Waals surface area contributed by atoms with E-state index in [2.05, 4.69) is 191 Å². The van der Waals surface area contributed by atoms with Crippen molar-refractivity contribution >= 4 is 65.4 Å². The van der Waals surface area contributed by atoms with E-state index < -0.39 is 0 Å². The molecule has 0 saturated carbocycles. The van der Waals surface area contributed by atoms with Crippen LogP contribution in [0.2, 0.25) is 0 Å². The van der Waals surface area contributed by atoms with Gasteiger partial charge in [-0.3, -0.25) is 16.5 Å². The number of anilines is 6. The number of aromatic amines is 4. The van der Waals surface area contributed by atoms with E-state index in [0.717, 1.165) is 0 Å².